The molecule has 0 fully saturated rings. The molecule has 1 aromatic heterocycles. The van der Waals surface area contributed by atoms with Crippen LogP contribution in [0.4, 0.5) is 0 Å². The molecule has 7 heteroatoms. The molecule has 0 unspecified atom stereocenters. The average Bonchev–Trinajstić information content (AvgIpc) is 2.60. The molecule has 2 N–H and O–H groups in total. The van der Waals surface area contributed by atoms with Gasteiger partial charge in [0.05, 0.1) is 28.6 Å². The molecule has 0 saturated heterocycles. The van der Waals surface area contributed by atoms with Crippen molar-refractivity contribution < 1.29 is 19.4 Å². The number of H-pyrrole nitrogens is 1. The molecule has 0 radical (unpaired) electrons. The van der Waals surface area contributed by atoms with Gasteiger partial charge in [0.15, 0.2) is 6.79 Å². The third kappa shape index (κ3) is 2.31. The van der Waals surface area contributed by atoms with E-state index in [9.17, 15) is 14.7 Å². The normalized spacial score (nSPS) is 13.3. The van der Waals surface area contributed by atoms with Gasteiger partial charge in [0.1, 0.15) is 11.6 Å². The van der Waals surface area contributed by atoms with Gasteiger partial charge in [-0.3, -0.25) is 4.79 Å². The number of ether oxygens (including phenoxy) is 2. The number of carboxylic acids is 1. The monoisotopic (exact) mass is 324 g/mol. The van der Waals surface area contributed by atoms with Gasteiger partial charge in [-0.25, -0.2) is 9.78 Å². The second kappa shape index (κ2) is 5.47. The number of rotatable bonds is 2. The highest BCUT2D eigenvalue weighted by molar-refractivity contribution is 5.91. The number of fused-ring (bicyclic) bond motifs is 2. The molecule has 24 heavy (non-hydrogen) atoms. The van der Waals surface area contributed by atoms with Gasteiger partial charge in [0.2, 0.25) is 0 Å². The standard InChI is InChI=1S/C17H12N2O5/c20-16-11-3-1-2-4-13(11)18-15(19-16)12-6-9(17(21)22)5-10-7-23-8-24-14(10)12/h1-6H,7-8H2,(H,21,22)(H,18,19,20). The zero-order chi connectivity index (χ0) is 16.7. The lowest BCUT2D eigenvalue weighted by Crippen LogP contribution is -2.15. The summed E-state index contributed by atoms with van der Waals surface area (Å²) >= 11 is 0. The Morgan fingerprint density at radius 3 is 2.92 bits per heavy atom. The number of nitrogens with one attached hydrogen (secondary N) is 1. The third-order valence-corrected chi connectivity index (χ3v) is 3.82. The van der Waals surface area contributed by atoms with Crippen LogP contribution >= 0.6 is 0 Å². The highest BCUT2D eigenvalue weighted by Crippen LogP contribution is 2.35. The summed E-state index contributed by atoms with van der Waals surface area (Å²) in [5, 5.41) is 9.78. The van der Waals surface area contributed by atoms with E-state index < -0.39 is 5.97 Å². The van der Waals surface area contributed by atoms with Crippen LogP contribution in [0.15, 0.2) is 41.2 Å². The number of nitrogens with zero attached hydrogens (tertiary/aromatic N) is 1. The van der Waals surface area contributed by atoms with Gasteiger partial charge in [-0.1, -0.05) is 12.1 Å². The van der Waals surface area contributed by atoms with Crippen molar-refractivity contribution in [1.29, 1.82) is 0 Å². The van der Waals surface area contributed by atoms with Crippen molar-refractivity contribution in [3.8, 4) is 17.1 Å². The van der Waals surface area contributed by atoms with Crippen LogP contribution in [0, 0.1) is 0 Å². The van der Waals surface area contributed by atoms with Gasteiger partial charge in [0, 0.05) is 5.56 Å². The van der Waals surface area contributed by atoms with E-state index in [2.05, 4.69) is 9.97 Å². The van der Waals surface area contributed by atoms with Crippen LogP contribution in [-0.4, -0.2) is 27.8 Å². The highest BCUT2D eigenvalue weighted by atomic mass is 16.7. The van der Waals surface area contributed by atoms with Crippen molar-refractivity contribution in [2.75, 3.05) is 6.79 Å². The number of carbonyl (C=O) groups is 1. The van der Waals surface area contributed by atoms with Crippen LogP contribution in [0.25, 0.3) is 22.3 Å². The molecular weight excluding hydrogens is 312 g/mol. The average molecular weight is 324 g/mol. The van der Waals surface area contributed by atoms with E-state index in [0.717, 1.165) is 0 Å². The van der Waals surface area contributed by atoms with Gasteiger partial charge in [-0.05, 0) is 24.3 Å². The molecule has 1 aliphatic rings. The second-order valence-electron chi connectivity index (χ2n) is 5.36. The van der Waals surface area contributed by atoms with Crippen molar-refractivity contribution >= 4 is 16.9 Å². The fraction of sp³-hybridized carbons (Fsp3) is 0.118. The van der Waals surface area contributed by atoms with Crippen LogP contribution in [0.3, 0.4) is 0 Å². The molecule has 0 bridgehead atoms. The molecule has 2 aromatic carbocycles. The van der Waals surface area contributed by atoms with Gasteiger partial charge >= 0.3 is 5.97 Å². The molecule has 4 rings (SSSR count). The minimum absolute atomic E-state index is 0.0598. The first-order valence-corrected chi connectivity index (χ1v) is 7.23. The molecule has 3 aromatic rings. The summed E-state index contributed by atoms with van der Waals surface area (Å²) in [7, 11) is 0. The number of aromatic carboxylic acids is 1. The number of para-hydroxylation sites is 1. The van der Waals surface area contributed by atoms with Gasteiger partial charge < -0.3 is 19.6 Å². The molecule has 7 nitrogen and oxygen atoms in total. The fourth-order valence-electron chi connectivity index (χ4n) is 2.73. The van der Waals surface area contributed by atoms with Gasteiger partial charge in [-0.2, -0.15) is 0 Å². The predicted octanol–water partition coefficient (Wildman–Crippen LogP) is 2.15. The van der Waals surface area contributed by atoms with E-state index in [4.69, 9.17) is 9.47 Å². The maximum atomic E-state index is 12.3. The lowest BCUT2D eigenvalue weighted by atomic mass is 10.0. The second-order valence-corrected chi connectivity index (χ2v) is 5.36. The van der Waals surface area contributed by atoms with Crippen molar-refractivity contribution in [2.45, 2.75) is 6.61 Å². The smallest absolute Gasteiger partial charge is 0.335 e. The minimum Gasteiger partial charge on any atom is -0.478 e. The summed E-state index contributed by atoms with van der Waals surface area (Å²) in [6.07, 6.45) is 0. The summed E-state index contributed by atoms with van der Waals surface area (Å²) < 4.78 is 10.7. The Kier molecular flexibility index (Phi) is 3.28. The number of benzene rings is 2. The lowest BCUT2D eigenvalue weighted by molar-refractivity contribution is -0.0160. The van der Waals surface area contributed by atoms with Gasteiger partial charge in [0.25, 0.3) is 5.56 Å². The van der Waals surface area contributed by atoms with E-state index in [0.29, 0.717) is 27.8 Å². The number of aromatic nitrogens is 2. The largest absolute Gasteiger partial charge is 0.478 e. The molecule has 0 amide bonds. The van der Waals surface area contributed by atoms with E-state index in [1.54, 1.807) is 24.3 Å². The zero-order valence-electron chi connectivity index (χ0n) is 12.4. The molecule has 2 heterocycles. The lowest BCUT2D eigenvalue weighted by Gasteiger charge is -2.21. The van der Waals surface area contributed by atoms with Crippen molar-refractivity contribution in [3.63, 3.8) is 0 Å². The first-order valence-electron chi connectivity index (χ1n) is 7.23. The summed E-state index contributed by atoms with van der Waals surface area (Å²) in [4.78, 5) is 30.8. The topological polar surface area (TPSA) is 102 Å². The van der Waals surface area contributed by atoms with Crippen LogP contribution in [0.1, 0.15) is 15.9 Å². The number of hydrogen-bond acceptors (Lipinski definition) is 5. The maximum absolute atomic E-state index is 12.3. The Balaban J connectivity index is 2.00. The summed E-state index contributed by atoms with van der Waals surface area (Å²) in [5.41, 5.74) is 1.34. The molecule has 0 spiro atoms. The highest BCUT2D eigenvalue weighted by Gasteiger charge is 2.21. The van der Waals surface area contributed by atoms with E-state index in [1.165, 1.54) is 12.1 Å². The maximum Gasteiger partial charge on any atom is 0.335 e. The quantitative estimate of drug-likeness (QED) is 0.749. The SMILES string of the molecule is O=C(O)c1cc2c(c(-c3nc4ccccc4c(=O)[nH]3)c1)OCOC2. The predicted molar refractivity (Wildman–Crippen MR) is 85.0 cm³/mol. The molecule has 0 aliphatic carbocycles. The van der Waals surface area contributed by atoms with Crippen molar-refractivity contribution in [1.82, 2.24) is 9.97 Å². The minimum atomic E-state index is -1.08. The molecule has 1 aliphatic heterocycles. The Bertz CT molecular complexity index is 1030. The zero-order valence-corrected chi connectivity index (χ0v) is 12.4. The summed E-state index contributed by atoms with van der Waals surface area (Å²) in [5.74, 6) is -0.336. The van der Waals surface area contributed by atoms with Crippen LogP contribution < -0.4 is 10.3 Å². The Morgan fingerprint density at radius 2 is 2.08 bits per heavy atom. The molecule has 0 saturated carbocycles. The summed E-state index contributed by atoms with van der Waals surface area (Å²) in [6.45, 7) is 0.297. The van der Waals surface area contributed by atoms with E-state index in [-0.39, 0.29) is 30.3 Å². The Labute approximate surface area is 135 Å². The van der Waals surface area contributed by atoms with E-state index >= 15 is 0 Å². The summed E-state index contributed by atoms with van der Waals surface area (Å²) in [6, 6.07) is 9.89. The molecular formula is C17H12N2O5. The first-order chi connectivity index (χ1) is 11.6. The van der Waals surface area contributed by atoms with Crippen molar-refractivity contribution in [3.05, 3.63) is 57.9 Å². The number of aromatic amines is 1. The van der Waals surface area contributed by atoms with E-state index in [1.807, 2.05) is 0 Å². The van der Waals surface area contributed by atoms with Crippen LogP contribution in [0.2, 0.25) is 0 Å². The Hall–Kier alpha value is -3.19. The fourth-order valence-corrected chi connectivity index (χ4v) is 2.73. The Morgan fingerprint density at radius 1 is 1.25 bits per heavy atom. The molecule has 0 atom stereocenters. The number of carboxylic acid groups (broad SMARTS) is 1. The first kappa shape index (κ1) is 14.4. The van der Waals surface area contributed by atoms with Crippen LogP contribution in [-0.2, 0) is 11.3 Å². The third-order valence-electron chi connectivity index (χ3n) is 3.82. The number of hydrogen-bond donors (Lipinski definition) is 2. The molecule has 120 valence electrons. The van der Waals surface area contributed by atoms with Crippen LogP contribution in [0.5, 0.6) is 5.75 Å². The van der Waals surface area contributed by atoms with Crippen molar-refractivity contribution in [2.24, 2.45) is 0 Å². The van der Waals surface area contributed by atoms with Gasteiger partial charge in [-0.15, -0.1) is 0 Å².